The minimum Gasteiger partial charge on any atom is -0.485 e. The molecule has 2 unspecified atom stereocenters. The zero-order valence-electron chi connectivity index (χ0n) is 11.8. The van der Waals surface area contributed by atoms with Gasteiger partial charge in [-0.25, -0.2) is 4.39 Å². The summed E-state index contributed by atoms with van der Waals surface area (Å²) in [4.78, 5) is 0. The number of hydrogen-bond donors (Lipinski definition) is 1. The summed E-state index contributed by atoms with van der Waals surface area (Å²) in [6, 6.07) is 14.7. The van der Waals surface area contributed by atoms with Gasteiger partial charge in [-0.15, -0.1) is 0 Å². The Morgan fingerprint density at radius 3 is 2.71 bits per heavy atom. The van der Waals surface area contributed by atoms with Gasteiger partial charge >= 0.3 is 0 Å². The zero-order valence-corrected chi connectivity index (χ0v) is 11.8. The molecule has 2 atom stereocenters. The van der Waals surface area contributed by atoms with Gasteiger partial charge in [0.15, 0.2) is 0 Å². The van der Waals surface area contributed by atoms with Crippen LogP contribution in [0.15, 0.2) is 54.6 Å². The summed E-state index contributed by atoms with van der Waals surface area (Å²) in [5.74, 6) is 0.584. The molecule has 3 heteroatoms. The van der Waals surface area contributed by atoms with Crippen LogP contribution in [0.25, 0.3) is 5.76 Å². The third kappa shape index (κ3) is 2.09. The van der Waals surface area contributed by atoms with E-state index in [0.29, 0.717) is 0 Å². The highest BCUT2D eigenvalue weighted by Crippen LogP contribution is 2.46. The van der Waals surface area contributed by atoms with Gasteiger partial charge < -0.3 is 10.1 Å². The molecule has 2 nitrogen and oxygen atoms in total. The van der Waals surface area contributed by atoms with Crippen molar-refractivity contribution in [3.63, 3.8) is 0 Å². The predicted octanol–water partition coefficient (Wildman–Crippen LogP) is 4.51. The molecule has 0 aromatic heterocycles. The monoisotopic (exact) mass is 281 g/mol. The van der Waals surface area contributed by atoms with Gasteiger partial charge in [-0.2, -0.15) is 0 Å². The van der Waals surface area contributed by atoms with Crippen LogP contribution >= 0.6 is 0 Å². The topological polar surface area (TPSA) is 21.3 Å². The molecule has 2 aliphatic rings. The van der Waals surface area contributed by atoms with Crippen LogP contribution in [-0.2, 0) is 4.74 Å². The second-order valence-corrected chi connectivity index (χ2v) is 5.96. The highest BCUT2D eigenvalue weighted by Gasteiger charge is 2.39. The summed E-state index contributed by atoms with van der Waals surface area (Å²) >= 11 is 0. The summed E-state index contributed by atoms with van der Waals surface area (Å²) in [6.07, 6.45) is 3.04. The number of fused-ring (bicyclic) bond motifs is 4. The highest BCUT2D eigenvalue weighted by atomic mass is 19.1. The fraction of sp³-hybridized carbons (Fsp3) is 0.222. The van der Waals surface area contributed by atoms with Crippen molar-refractivity contribution in [3.05, 3.63) is 71.6 Å². The van der Waals surface area contributed by atoms with Crippen molar-refractivity contribution >= 4 is 11.4 Å². The maximum atomic E-state index is 13.1. The van der Waals surface area contributed by atoms with Crippen LogP contribution in [-0.4, -0.2) is 5.54 Å². The van der Waals surface area contributed by atoms with E-state index in [4.69, 9.17) is 4.74 Å². The van der Waals surface area contributed by atoms with Crippen molar-refractivity contribution in [1.82, 2.24) is 0 Å². The first kappa shape index (κ1) is 12.5. The fourth-order valence-electron chi connectivity index (χ4n) is 3.19. The third-order valence-corrected chi connectivity index (χ3v) is 4.18. The molecule has 2 aromatic carbocycles. The molecule has 0 saturated carbocycles. The molecule has 0 radical (unpaired) electrons. The second kappa shape index (κ2) is 4.35. The van der Waals surface area contributed by atoms with Crippen LogP contribution in [0.1, 0.15) is 30.6 Å². The maximum absolute atomic E-state index is 13.1. The highest BCUT2D eigenvalue weighted by molar-refractivity contribution is 5.68. The van der Waals surface area contributed by atoms with Gasteiger partial charge in [0.2, 0.25) is 0 Å². The van der Waals surface area contributed by atoms with E-state index in [-0.39, 0.29) is 17.5 Å². The molecule has 1 N–H and O–H groups in total. The molecule has 2 aliphatic heterocycles. The smallest absolute Gasteiger partial charge is 0.128 e. The molecular weight excluding hydrogens is 265 g/mol. The molecule has 2 bridgehead atoms. The molecule has 21 heavy (non-hydrogen) atoms. The van der Waals surface area contributed by atoms with E-state index in [1.165, 1.54) is 17.7 Å². The van der Waals surface area contributed by atoms with Crippen LogP contribution in [0, 0.1) is 5.82 Å². The molecule has 0 spiro atoms. The number of para-hydroxylation sites is 1. The van der Waals surface area contributed by atoms with Crippen molar-refractivity contribution < 1.29 is 9.13 Å². The summed E-state index contributed by atoms with van der Waals surface area (Å²) in [5, 5.41) is 3.59. The number of halogens is 1. The van der Waals surface area contributed by atoms with Gasteiger partial charge in [-0.05, 0) is 43.3 Å². The van der Waals surface area contributed by atoms with Crippen molar-refractivity contribution in [2.45, 2.75) is 25.0 Å². The second-order valence-electron chi connectivity index (χ2n) is 5.96. The SMILES string of the molecule is CC12C=C(c3ccc(F)cc3)OC(C1)c1ccccc1N2. The van der Waals surface area contributed by atoms with Crippen molar-refractivity contribution in [2.75, 3.05) is 5.32 Å². The Bertz CT molecular complexity index is 722. The maximum Gasteiger partial charge on any atom is 0.128 e. The Labute approximate surface area is 123 Å². The minimum atomic E-state index is -0.231. The molecule has 4 rings (SSSR count). The first-order valence-electron chi connectivity index (χ1n) is 7.16. The lowest BCUT2D eigenvalue weighted by Gasteiger charge is -2.43. The van der Waals surface area contributed by atoms with E-state index in [9.17, 15) is 4.39 Å². The minimum absolute atomic E-state index is 0.0394. The number of anilines is 1. The molecule has 2 heterocycles. The Morgan fingerprint density at radius 2 is 1.90 bits per heavy atom. The standard InChI is InChI=1S/C18H16FNO/c1-18-10-16(12-6-8-13(19)9-7-12)21-17(11-18)14-4-2-3-5-15(14)20-18/h2-10,17,20H,11H2,1H3. The summed E-state index contributed by atoms with van der Waals surface area (Å²) in [5.41, 5.74) is 3.09. The molecule has 0 saturated heterocycles. The molecular formula is C18H16FNO. The molecule has 0 amide bonds. The number of ether oxygens (including phenoxy) is 1. The summed E-state index contributed by atoms with van der Waals surface area (Å²) in [7, 11) is 0. The van der Waals surface area contributed by atoms with Crippen molar-refractivity contribution in [2.24, 2.45) is 0 Å². The lowest BCUT2D eigenvalue weighted by molar-refractivity contribution is 0.122. The lowest BCUT2D eigenvalue weighted by Crippen LogP contribution is -2.41. The normalized spacial score (nSPS) is 26.2. The van der Waals surface area contributed by atoms with Crippen LogP contribution in [0.4, 0.5) is 10.1 Å². The lowest BCUT2D eigenvalue weighted by atomic mass is 9.82. The fourth-order valence-corrected chi connectivity index (χ4v) is 3.19. The van der Waals surface area contributed by atoms with Crippen LogP contribution in [0.2, 0.25) is 0 Å². The van der Waals surface area contributed by atoms with E-state index in [0.717, 1.165) is 23.4 Å². The number of rotatable bonds is 1. The van der Waals surface area contributed by atoms with Gasteiger partial charge in [0, 0.05) is 23.2 Å². The predicted molar refractivity (Wildman–Crippen MR) is 81.3 cm³/mol. The average Bonchev–Trinajstić information content (AvgIpc) is 2.47. The number of benzene rings is 2. The van der Waals surface area contributed by atoms with Gasteiger partial charge in [0.1, 0.15) is 17.7 Å². The number of hydrogen-bond acceptors (Lipinski definition) is 2. The first-order chi connectivity index (χ1) is 10.1. The van der Waals surface area contributed by atoms with E-state index in [2.05, 4.69) is 30.4 Å². The van der Waals surface area contributed by atoms with Gasteiger partial charge in [0.25, 0.3) is 0 Å². The Kier molecular flexibility index (Phi) is 2.58. The molecule has 2 aromatic rings. The van der Waals surface area contributed by atoms with Gasteiger partial charge in [-0.1, -0.05) is 18.2 Å². The zero-order chi connectivity index (χ0) is 14.4. The largest absolute Gasteiger partial charge is 0.485 e. The van der Waals surface area contributed by atoms with Gasteiger partial charge in [-0.3, -0.25) is 0 Å². The first-order valence-corrected chi connectivity index (χ1v) is 7.16. The van der Waals surface area contributed by atoms with Crippen molar-refractivity contribution in [1.29, 1.82) is 0 Å². The van der Waals surface area contributed by atoms with Crippen LogP contribution < -0.4 is 5.32 Å². The van der Waals surface area contributed by atoms with E-state index >= 15 is 0 Å². The van der Waals surface area contributed by atoms with Gasteiger partial charge in [0.05, 0.1) is 5.54 Å². The average molecular weight is 281 g/mol. The van der Waals surface area contributed by atoms with Crippen molar-refractivity contribution in [3.8, 4) is 0 Å². The Morgan fingerprint density at radius 1 is 1.14 bits per heavy atom. The Balaban J connectivity index is 1.76. The quantitative estimate of drug-likeness (QED) is 0.830. The van der Waals surface area contributed by atoms with E-state index < -0.39 is 0 Å². The Hall–Kier alpha value is -2.29. The van der Waals surface area contributed by atoms with E-state index in [1.807, 2.05) is 12.1 Å². The molecule has 106 valence electrons. The summed E-state index contributed by atoms with van der Waals surface area (Å²) in [6.45, 7) is 2.17. The van der Waals surface area contributed by atoms with Crippen LogP contribution in [0.3, 0.4) is 0 Å². The molecule has 0 fully saturated rings. The van der Waals surface area contributed by atoms with E-state index in [1.54, 1.807) is 12.1 Å². The van der Waals surface area contributed by atoms with Crippen LogP contribution in [0.5, 0.6) is 0 Å². The summed E-state index contributed by atoms with van der Waals surface area (Å²) < 4.78 is 19.3. The third-order valence-electron chi connectivity index (χ3n) is 4.18. The molecule has 0 aliphatic carbocycles. The number of nitrogens with one attached hydrogen (secondary N) is 1.